The number of hydrogen-bond donors (Lipinski definition) is 1. The van der Waals surface area contributed by atoms with Gasteiger partial charge in [-0.15, -0.1) is 0 Å². The number of nitrogens with zero attached hydrogens (tertiary/aromatic N) is 2. The molecule has 0 saturated carbocycles. The van der Waals surface area contributed by atoms with E-state index in [9.17, 15) is 14.4 Å². The summed E-state index contributed by atoms with van der Waals surface area (Å²) in [5.74, 6) is -0.286. The van der Waals surface area contributed by atoms with Crippen molar-refractivity contribution in [3.05, 3.63) is 94.4 Å². The topological polar surface area (TPSA) is 80.6 Å². The number of nitrogens with one attached hydrogen (secondary N) is 1. The zero-order valence-electron chi connectivity index (χ0n) is 19.4. The molecular weight excluding hydrogens is 430 g/mol. The van der Waals surface area contributed by atoms with Crippen molar-refractivity contribution in [3.8, 4) is 5.75 Å². The lowest BCUT2D eigenvalue weighted by Crippen LogP contribution is -2.53. The van der Waals surface area contributed by atoms with E-state index in [4.69, 9.17) is 4.74 Å². The molecule has 0 fully saturated rings. The number of ether oxygens (including phenoxy) is 1. The Morgan fingerprint density at radius 1 is 1.00 bits per heavy atom. The van der Waals surface area contributed by atoms with E-state index in [2.05, 4.69) is 5.32 Å². The Hall–Kier alpha value is -3.87. The predicted molar refractivity (Wildman–Crippen MR) is 131 cm³/mol. The monoisotopic (exact) mass is 459 g/mol. The zero-order chi connectivity index (χ0) is 24.1. The van der Waals surface area contributed by atoms with Crippen LogP contribution in [0.4, 0.5) is 5.69 Å². The lowest BCUT2D eigenvalue weighted by molar-refractivity contribution is -0.128. The largest absolute Gasteiger partial charge is 0.477 e. The van der Waals surface area contributed by atoms with Crippen LogP contribution >= 0.6 is 0 Å². The fourth-order valence-corrected chi connectivity index (χ4v) is 4.10. The molecule has 0 radical (unpaired) electrons. The van der Waals surface area contributed by atoms with E-state index >= 15 is 0 Å². The van der Waals surface area contributed by atoms with Crippen LogP contribution < -0.4 is 20.5 Å². The molecule has 1 N–H and O–H groups in total. The van der Waals surface area contributed by atoms with Gasteiger partial charge >= 0.3 is 0 Å². The van der Waals surface area contributed by atoms with Gasteiger partial charge in [0.1, 0.15) is 11.3 Å². The number of fused-ring (bicyclic) bond motifs is 1. The van der Waals surface area contributed by atoms with E-state index in [1.165, 1.54) is 15.5 Å². The van der Waals surface area contributed by atoms with Crippen LogP contribution in [0.2, 0.25) is 0 Å². The second-order valence-electron chi connectivity index (χ2n) is 8.35. The van der Waals surface area contributed by atoms with Gasteiger partial charge in [0.2, 0.25) is 0 Å². The summed E-state index contributed by atoms with van der Waals surface area (Å²) in [7, 11) is 0. The lowest BCUT2D eigenvalue weighted by Gasteiger charge is -2.34. The predicted octanol–water partition coefficient (Wildman–Crippen LogP) is 3.61. The van der Waals surface area contributed by atoms with Crippen molar-refractivity contribution in [2.75, 3.05) is 11.4 Å². The quantitative estimate of drug-likeness (QED) is 0.585. The number of carbonyl (C=O) groups is 2. The highest BCUT2D eigenvalue weighted by Crippen LogP contribution is 2.34. The van der Waals surface area contributed by atoms with Crippen LogP contribution in [0, 0.1) is 0 Å². The molecule has 2 heterocycles. The minimum Gasteiger partial charge on any atom is -0.477 e. The van der Waals surface area contributed by atoms with E-state index in [-0.39, 0.29) is 29.6 Å². The molecule has 3 aromatic rings. The van der Waals surface area contributed by atoms with E-state index in [1.807, 2.05) is 44.2 Å². The zero-order valence-corrected chi connectivity index (χ0v) is 19.4. The summed E-state index contributed by atoms with van der Waals surface area (Å²) in [5, 5.41) is 3.00. The molecule has 4 rings (SSSR count). The second-order valence-corrected chi connectivity index (χ2v) is 8.35. The SMILES string of the molecule is CCC(CC)NC(=O)C1CN(C(=O)c2cccn(Cc3ccccc3)c2=O)c2ccccc2O1. The Labute approximate surface area is 199 Å². The average molecular weight is 460 g/mol. The molecular formula is C27H29N3O4. The van der Waals surface area contributed by atoms with Gasteiger partial charge in [-0.25, -0.2) is 0 Å². The molecule has 2 amide bonds. The van der Waals surface area contributed by atoms with Gasteiger partial charge < -0.3 is 19.5 Å². The van der Waals surface area contributed by atoms with E-state index in [1.54, 1.807) is 36.5 Å². The highest BCUT2D eigenvalue weighted by Gasteiger charge is 2.35. The number of aromatic nitrogens is 1. The van der Waals surface area contributed by atoms with Gasteiger partial charge in [-0.3, -0.25) is 14.4 Å². The molecule has 1 atom stereocenters. The maximum Gasteiger partial charge on any atom is 0.264 e. The van der Waals surface area contributed by atoms with Crippen molar-refractivity contribution < 1.29 is 14.3 Å². The Balaban J connectivity index is 1.63. The van der Waals surface area contributed by atoms with Crippen LogP contribution in [0.5, 0.6) is 5.75 Å². The van der Waals surface area contributed by atoms with Crippen LogP contribution in [0.25, 0.3) is 0 Å². The number of hydrogen-bond acceptors (Lipinski definition) is 4. The van der Waals surface area contributed by atoms with Crippen LogP contribution in [0.3, 0.4) is 0 Å². The Morgan fingerprint density at radius 2 is 1.71 bits per heavy atom. The van der Waals surface area contributed by atoms with Gasteiger partial charge in [0.05, 0.1) is 18.8 Å². The first kappa shape index (κ1) is 23.3. The number of rotatable bonds is 7. The molecule has 1 unspecified atom stereocenters. The van der Waals surface area contributed by atoms with Crippen LogP contribution in [0.1, 0.15) is 42.6 Å². The lowest BCUT2D eigenvalue weighted by atomic mass is 10.1. The van der Waals surface area contributed by atoms with Crippen molar-refractivity contribution in [1.82, 2.24) is 9.88 Å². The molecule has 1 aliphatic heterocycles. The molecule has 7 heteroatoms. The maximum absolute atomic E-state index is 13.6. The third-order valence-electron chi connectivity index (χ3n) is 6.09. The normalized spacial score (nSPS) is 14.9. The molecule has 2 aromatic carbocycles. The van der Waals surface area contributed by atoms with E-state index < -0.39 is 12.0 Å². The molecule has 0 bridgehead atoms. The van der Waals surface area contributed by atoms with Gasteiger partial charge in [-0.05, 0) is 42.7 Å². The van der Waals surface area contributed by atoms with Gasteiger partial charge in [0.15, 0.2) is 6.10 Å². The number of pyridine rings is 1. The first-order valence-electron chi connectivity index (χ1n) is 11.6. The van der Waals surface area contributed by atoms with Gasteiger partial charge in [0.25, 0.3) is 17.4 Å². The summed E-state index contributed by atoms with van der Waals surface area (Å²) >= 11 is 0. The maximum atomic E-state index is 13.6. The number of amides is 2. The molecule has 1 aromatic heterocycles. The van der Waals surface area contributed by atoms with Crippen molar-refractivity contribution >= 4 is 17.5 Å². The standard InChI is InChI=1S/C27H29N3O4/c1-3-20(4-2)28-25(31)24-18-30(22-14-8-9-15-23(22)34-24)27(33)21-13-10-16-29(26(21)32)17-19-11-6-5-7-12-19/h5-16,20,24H,3-4,17-18H2,1-2H3,(H,28,31). The van der Waals surface area contributed by atoms with Crippen LogP contribution in [0.15, 0.2) is 77.7 Å². The molecule has 0 saturated heterocycles. The minimum atomic E-state index is -0.866. The van der Waals surface area contributed by atoms with Crippen molar-refractivity contribution in [2.24, 2.45) is 0 Å². The number of para-hydroxylation sites is 2. The second kappa shape index (κ2) is 10.4. The molecule has 34 heavy (non-hydrogen) atoms. The Kier molecular flexibility index (Phi) is 7.11. The minimum absolute atomic E-state index is 0.0227. The summed E-state index contributed by atoms with van der Waals surface area (Å²) in [6, 6.07) is 19.9. The van der Waals surface area contributed by atoms with Crippen LogP contribution in [-0.2, 0) is 11.3 Å². The molecule has 1 aliphatic rings. The van der Waals surface area contributed by atoms with E-state index in [0.717, 1.165) is 18.4 Å². The third-order valence-corrected chi connectivity index (χ3v) is 6.09. The third kappa shape index (κ3) is 4.88. The van der Waals surface area contributed by atoms with Crippen molar-refractivity contribution in [1.29, 1.82) is 0 Å². The van der Waals surface area contributed by atoms with Gasteiger partial charge in [-0.1, -0.05) is 56.3 Å². The number of anilines is 1. The van der Waals surface area contributed by atoms with Gasteiger partial charge in [0, 0.05) is 12.2 Å². The summed E-state index contributed by atoms with van der Waals surface area (Å²) in [6.45, 7) is 4.41. The Morgan fingerprint density at radius 3 is 2.44 bits per heavy atom. The Bertz CT molecular complexity index is 1220. The fourth-order valence-electron chi connectivity index (χ4n) is 4.10. The van der Waals surface area contributed by atoms with E-state index in [0.29, 0.717) is 18.0 Å². The molecule has 7 nitrogen and oxygen atoms in total. The van der Waals surface area contributed by atoms with Gasteiger partial charge in [-0.2, -0.15) is 0 Å². The highest BCUT2D eigenvalue weighted by molar-refractivity contribution is 6.07. The number of benzene rings is 2. The molecule has 176 valence electrons. The smallest absolute Gasteiger partial charge is 0.264 e. The first-order valence-corrected chi connectivity index (χ1v) is 11.6. The van der Waals surface area contributed by atoms with Crippen LogP contribution in [-0.4, -0.2) is 35.1 Å². The first-order chi connectivity index (χ1) is 16.5. The molecule has 0 aliphatic carbocycles. The summed E-state index contributed by atoms with van der Waals surface area (Å²) in [5.41, 5.74) is 1.17. The van der Waals surface area contributed by atoms with Crippen molar-refractivity contribution in [3.63, 3.8) is 0 Å². The average Bonchev–Trinajstić information content (AvgIpc) is 2.88. The highest BCUT2D eigenvalue weighted by atomic mass is 16.5. The van der Waals surface area contributed by atoms with Crippen molar-refractivity contribution in [2.45, 2.75) is 45.4 Å². The summed E-state index contributed by atoms with van der Waals surface area (Å²) in [6.07, 6.45) is 2.42. The fraction of sp³-hybridized carbons (Fsp3) is 0.296. The number of carbonyl (C=O) groups excluding carboxylic acids is 2. The summed E-state index contributed by atoms with van der Waals surface area (Å²) in [4.78, 5) is 41.2. The molecule has 0 spiro atoms. The summed E-state index contributed by atoms with van der Waals surface area (Å²) < 4.78 is 7.46.